The molecule has 228 valence electrons. The minimum Gasteiger partial charge on any atom is -0.497 e. The number of nitrogens with zero attached hydrogens (tertiary/aromatic N) is 3. The first-order valence-electron chi connectivity index (χ1n) is 14.4. The fraction of sp³-hybridized carbons (Fsp3) is 0.294. The van der Waals surface area contributed by atoms with E-state index in [4.69, 9.17) is 14.2 Å². The van der Waals surface area contributed by atoms with Gasteiger partial charge in [0.05, 0.1) is 12.9 Å². The lowest BCUT2D eigenvalue weighted by atomic mass is 9.97. The summed E-state index contributed by atoms with van der Waals surface area (Å²) in [5.41, 5.74) is 4.88. The Labute approximate surface area is 262 Å². The molecule has 0 saturated heterocycles. The first-order chi connectivity index (χ1) is 21.2. The van der Waals surface area contributed by atoms with Gasteiger partial charge in [0, 0.05) is 29.7 Å². The lowest BCUT2D eigenvalue weighted by molar-refractivity contribution is -0.137. The molecule has 44 heavy (non-hydrogen) atoms. The van der Waals surface area contributed by atoms with Gasteiger partial charge in [-0.2, -0.15) is 0 Å². The van der Waals surface area contributed by atoms with Crippen LogP contribution < -0.4 is 19.5 Å². The van der Waals surface area contributed by atoms with Crippen molar-refractivity contribution in [3.63, 3.8) is 0 Å². The number of fused-ring (bicyclic) bond motifs is 1. The van der Waals surface area contributed by atoms with E-state index in [0.717, 1.165) is 22.5 Å². The molecule has 5 rings (SSSR count). The minimum absolute atomic E-state index is 0.0525. The van der Waals surface area contributed by atoms with E-state index in [9.17, 15) is 9.59 Å². The van der Waals surface area contributed by atoms with Crippen molar-refractivity contribution in [2.75, 3.05) is 25.0 Å². The molecule has 2 amide bonds. The van der Waals surface area contributed by atoms with Gasteiger partial charge in [-0.05, 0) is 66.8 Å². The smallest absolute Gasteiger partial charge is 0.251 e. The molecule has 1 aromatic heterocycles. The first-order valence-corrected chi connectivity index (χ1v) is 15.4. The zero-order valence-electron chi connectivity index (χ0n) is 25.5. The van der Waals surface area contributed by atoms with Gasteiger partial charge in [0.15, 0.2) is 16.7 Å². The van der Waals surface area contributed by atoms with Crippen LogP contribution >= 0.6 is 11.8 Å². The Morgan fingerprint density at radius 2 is 1.57 bits per heavy atom. The summed E-state index contributed by atoms with van der Waals surface area (Å²) in [6.07, 6.45) is 0. The standard InChI is InChI=1S/C34H36N4O5S/c1-21(2)25-8-10-26(11-9-25)32(33(40)37-27-12-15-29-30(17-27)43-20-42-29)38(18-24-6-13-28(41-5)14-7-24)31(39)19-44-34-35-22(3)16-23(4)36-34/h6-17,21,32H,18-20H2,1-5H3,(H,37,40)/t32-/m0/s1. The largest absolute Gasteiger partial charge is 0.497 e. The topological polar surface area (TPSA) is 103 Å². The molecule has 2 heterocycles. The van der Waals surface area contributed by atoms with Crippen molar-refractivity contribution < 1.29 is 23.8 Å². The van der Waals surface area contributed by atoms with E-state index in [1.807, 2.05) is 68.4 Å². The van der Waals surface area contributed by atoms with Crippen LogP contribution in [0.4, 0.5) is 5.69 Å². The van der Waals surface area contributed by atoms with Gasteiger partial charge in [0.25, 0.3) is 5.91 Å². The second-order valence-corrected chi connectivity index (χ2v) is 11.8. The molecule has 0 unspecified atom stereocenters. The predicted molar refractivity (Wildman–Crippen MR) is 170 cm³/mol. The molecule has 0 radical (unpaired) electrons. The zero-order valence-corrected chi connectivity index (χ0v) is 26.3. The molecule has 0 spiro atoms. The van der Waals surface area contributed by atoms with Crippen molar-refractivity contribution in [2.24, 2.45) is 0 Å². The molecule has 9 nitrogen and oxygen atoms in total. The number of carbonyl (C=O) groups is 2. The first kappa shape index (κ1) is 30.9. The van der Waals surface area contributed by atoms with Gasteiger partial charge in [0.2, 0.25) is 12.7 Å². The van der Waals surface area contributed by atoms with Crippen LogP contribution in [0.2, 0.25) is 0 Å². The molecule has 1 N–H and O–H groups in total. The number of amides is 2. The van der Waals surface area contributed by atoms with Gasteiger partial charge >= 0.3 is 0 Å². The summed E-state index contributed by atoms with van der Waals surface area (Å²) >= 11 is 1.25. The highest BCUT2D eigenvalue weighted by Gasteiger charge is 2.32. The Morgan fingerprint density at radius 3 is 2.23 bits per heavy atom. The van der Waals surface area contributed by atoms with Crippen molar-refractivity contribution in [3.05, 3.63) is 101 Å². The Kier molecular flexibility index (Phi) is 9.69. The van der Waals surface area contributed by atoms with Gasteiger partial charge in [-0.15, -0.1) is 0 Å². The molecule has 1 atom stereocenters. The second kappa shape index (κ2) is 13.8. The molecule has 0 saturated carbocycles. The highest BCUT2D eigenvalue weighted by Crippen LogP contribution is 2.35. The number of methoxy groups -OCH3 is 1. The number of ether oxygens (including phenoxy) is 3. The summed E-state index contributed by atoms with van der Waals surface area (Å²) in [4.78, 5) is 38.9. The van der Waals surface area contributed by atoms with Gasteiger partial charge < -0.3 is 24.4 Å². The molecule has 3 aromatic carbocycles. The molecular weight excluding hydrogens is 576 g/mol. The SMILES string of the molecule is COc1ccc(CN(C(=O)CSc2nc(C)cc(C)n2)[C@H](C(=O)Nc2ccc3c(c2)OCO3)c2ccc(C(C)C)cc2)cc1. The third-order valence-electron chi connectivity index (χ3n) is 7.24. The summed E-state index contributed by atoms with van der Waals surface area (Å²) in [7, 11) is 1.61. The number of nitrogens with one attached hydrogen (secondary N) is 1. The Hall–Kier alpha value is -4.57. The summed E-state index contributed by atoms with van der Waals surface area (Å²) in [6.45, 7) is 8.35. The maximum absolute atomic E-state index is 14.2. The van der Waals surface area contributed by atoms with Crippen molar-refractivity contribution in [1.29, 1.82) is 0 Å². The Morgan fingerprint density at radius 1 is 0.909 bits per heavy atom. The normalized spacial score (nSPS) is 12.6. The van der Waals surface area contributed by atoms with Crippen molar-refractivity contribution >= 4 is 29.3 Å². The molecule has 10 heteroatoms. The molecule has 1 aliphatic heterocycles. The predicted octanol–water partition coefficient (Wildman–Crippen LogP) is 6.46. The average Bonchev–Trinajstić information content (AvgIpc) is 3.48. The lowest BCUT2D eigenvalue weighted by Crippen LogP contribution is -2.41. The monoisotopic (exact) mass is 612 g/mol. The number of benzene rings is 3. The molecule has 0 aliphatic carbocycles. The van der Waals surface area contributed by atoms with Gasteiger partial charge in [-0.1, -0.05) is 62.0 Å². The van der Waals surface area contributed by atoms with E-state index in [1.54, 1.807) is 30.2 Å². The van der Waals surface area contributed by atoms with Gasteiger partial charge in [0.1, 0.15) is 11.8 Å². The van der Waals surface area contributed by atoms with Gasteiger partial charge in [-0.25, -0.2) is 9.97 Å². The van der Waals surface area contributed by atoms with Crippen LogP contribution in [0.5, 0.6) is 17.2 Å². The van der Waals surface area contributed by atoms with Crippen molar-refractivity contribution in [1.82, 2.24) is 14.9 Å². The summed E-state index contributed by atoms with van der Waals surface area (Å²) in [5.74, 6) is 1.66. The van der Waals surface area contributed by atoms with Crippen LogP contribution in [-0.2, 0) is 16.1 Å². The number of aromatic nitrogens is 2. The number of hydrogen-bond donors (Lipinski definition) is 1. The van der Waals surface area contributed by atoms with Gasteiger partial charge in [-0.3, -0.25) is 9.59 Å². The number of aryl methyl sites for hydroxylation is 2. The van der Waals surface area contributed by atoms with E-state index in [2.05, 4.69) is 29.1 Å². The van der Waals surface area contributed by atoms with Crippen LogP contribution in [0.25, 0.3) is 0 Å². The Bertz CT molecular complexity index is 1610. The van der Waals surface area contributed by atoms with E-state index in [1.165, 1.54) is 11.8 Å². The van der Waals surface area contributed by atoms with E-state index in [0.29, 0.717) is 39.6 Å². The lowest BCUT2D eigenvalue weighted by Gasteiger charge is -2.32. The number of anilines is 1. The van der Waals surface area contributed by atoms with E-state index >= 15 is 0 Å². The van der Waals surface area contributed by atoms with Crippen molar-refractivity contribution in [2.45, 2.75) is 51.4 Å². The molecule has 1 aliphatic rings. The fourth-order valence-corrected chi connectivity index (χ4v) is 5.77. The average molecular weight is 613 g/mol. The third-order valence-corrected chi connectivity index (χ3v) is 8.07. The summed E-state index contributed by atoms with van der Waals surface area (Å²) in [6, 6.07) is 21.5. The number of thioether (sulfide) groups is 1. The van der Waals surface area contributed by atoms with Crippen LogP contribution in [0.15, 0.2) is 78.0 Å². The number of rotatable bonds is 11. The summed E-state index contributed by atoms with van der Waals surface area (Å²) in [5, 5.41) is 3.53. The van der Waals surface area contributed by atoms with Crippen LogP contribution in [0.1, 0.15) is 53.9 Å². The number of carbonyl (C=O) groups excluding carboxylic acids is 2. The van der Waals surface area contributed by atoms with E-state index in [-0.39, 0.29) is 30.9 Å². The second-order valence-electron chi connectivity index (χ2n) is 10.9. The quantitative estimate of drug-likeness (QED) is 0.152. The molecule has 0 bridgehead atoms. The van der Waals surface area contributed by atoms with Crippen LogP contribution in [0.3, 0.4) is 0 Å². The molecule has 0 fully saturated rings. The Balaban J connectivity index is 1.50. The van der Waals surface area contributed by atoms with Crippen molar-refractivity contribution in [3.8, 4) is 17.2 Å². The molecular formula is C34H36N4O5S. The third kappa shape index (κ3) is 7.49. The fourth-order valence-electron chi connectivity index (χ4n) is 4.94. The summed E-state index contributed by atoms with van der Waals surface area (Å²) < 4.78 is 16.3. The maximum Gasteiger partial charge on any atom is 0.251 e. The zero-order chi connectivity index (χ0) is 31.2. The highest BCUT2D eigenvalue weighted by atomic mass is 32.2. The van der Waals surface area contributed by atoms with Crippen LogP contribution in [-0.4, -0.2) is 46.3 Å². The maximum atomic E-state index is 14.2. The molecule has 4 aromatic rings. The number of hydrogen-bond acceptors (Lipinski definition) is 8. The highest BCUT2D eigenvalue weighted by molar-refractivity contribution is 7.99. The minimum atomic E-state index is -0.933. The van der Waals surface area contributed by atoms with E-state index < -0.39 is 6.04 Å². The van der Waals surface area contributed by atoms with Crippen LogP contribution in [0, 0.1) is 13.8 Å².